The van der Waals surface area contributed by atoms with Gasteiger partial charge in [-0.15, -0.1) is 5.10 Å². The third-order valence-electron chi connectivity index (χ3n) is 3.49. The molecular formula is C17H13N5O. The molecule has 0 atom stereocenters. The first kappa shape index (κ1) is 13.4. The molecule has 0 saturated heterocycles. The zero-order chi connectivity index (χ0) is 15.5. The number of fused-ring (bicyclic) bond motifs is 1. The molecule has 112 valence electrons. The summed E-state index contributed by atoms with van der Waals surface area (Å²) in [6.45, 7) is 0.261. The Bertz CT molecular complexity index is 931. The minimum Gasteiger partial charge on any atom is -0.483 e. The van der Waals surface area contributed by atoms with E-state index in [1.807, 2.05) is 60.7 Å². The summed E-state index contributed by atoms with van der Waals surface area (Å²) in [5, 5.41) is 12.8. The molecule has 0 aliphatic carbocycles. The minimum atomic E-state index is 0.261. The maximum atomic E-state index is 5.90. The molecule has 2 aromatic heterocycles. The lowest BCUT2D eigenvalue weighted by molar-refractivity contribution is 0.295. The number of ether oxygens (including phenoxy) is 1. The van der Waals surface area contributed by atoms with E-state index >= 15 is 0 Å². The van der Waals surface area contributed by atoms with Gasteiger partial charge in [0.05, 0.1) is 5.69 Å². The van der Waals surface area contributed by atoms with E-state index in [1.165, 1.54) is 0 Å². The fraction of sp³-hybridized carbons (Fsp3) is 0.0588. The summed E-state index contributed by atoms with van der Waals surface area (Å²) in [5.74, 6) is 1.34. The SMILES string of the molecule is c1ccc(-n2nnnc2COc2cccc3cccnc23)cc1. The van der Waals surface area contributed by atoms with Crippen LogP contribution in [-0.4, -0.2) is 25.2 Å². The molecule has 0 amide bonds. The number of pyridine rings is 1. The lowest BCUT2D eigenvalue weighted by atomic mass is 10.2. The third kappa shape index (κ3) is 2.62. The van der Waals surface area contributed by atoms with Crippen molar-refractivity contribution in [1.29, 1.82) is 0 Å². The molecule has 4 rings (SSSR count). The second-order valence-corrected chi connectivity index (χ2v) is 4.96. The Morgan fingerprint density at radius 1 is 0.913 bits per heavy atom. The van der Waals surface area contributed by atoms with E-state index in [-0.39, 0.29) is 6.61 Å². The van der Waals surface area contributed by atoms with E-state index < -0.39 is 0 Å². The van der Waals surface area contributed by atoms with Gasteiger partial charge in [0.15, 0.2) is 5.82 Å². The fourth-order valence-corrected chi connectivity index (χ4v) is 2.40. The molecule has 6 nitrogen and oxygen atoms in total. The minimum absolute atomic E-state index is 0.261. The van der Waals surface area contributed by atoms with Crippen molar-refractivity contribution in [1.82, 2.24) is 25.2 Å². The monoisotopic (exact) mass is 303 g/mol. The van der Waals surface area contributed by atoms with E-state index in [9.17, 15) is 0 Å². The first-order chi connectivity index (χ1) is 11.4. The van der Waals surface area contributed by atoms with Crippen molar-refractivity contribution >= 4 is 10.9 Å². The third-order valence-corrected chi connectivity index (χ3v) is 3.49. The van der Waals surface area contributed by atoms with Crippen LogP contribution in [0.3, 0.4) is 0 Å². The average molecular weight is 303 g/mol. The van der Waals surface area contributed by atoms with Crippen LogP contribution < -0.4 is 4.74 Å². The molecule has 2 aromatic carbocycles. The van der Waals surface area contributed by atoms with Crippen LogP contribution in [0.1, 0.15) is 5.82 Å². The lowest BCUT2D eigenvalue weighted by Crippen LogP contribution is -2.07. The van der Waals surface area contributed by atoms with Gasteiger partial charge >= 0.3 is 0 Å². The Labute approximate surface area is 132 Å². The van der Waals surface area contributed by atoms with Crippen molar-refractivity contribution in [2.45, 2.75) is 6.61 Å². The molecule has 0 radical (unpaired) electrons. The van der Waals surface area contributed by atoms with Gasteiger partial charge in [-0.25, -0.2) is 0 Å². The molecule has 0 N–H and O–H groups in total. The van der Waals surface area contributed by atoms with Gasteiger partial charge in [0.25, 0.3) is 0 Å². The van der Waals surface area contributed by atoms with E-state index in [1.54, 1.807) is 10.9 Å². The van der Waals surface area contributed by atoms with Crippen molar-refractivity contribution in [3.05, 3.63) is 72.7 Å². The van der Waals surface area contributed by atoms with Crippen LogP contribution >= 0.6 is 0 Å². The number of benzene rings is 2. The molecule has 0 aliphatic rings. The van der Waals surface area contributed by atoms with Crippen molar-refractivity contribution in [2.24, 2.45) is 0 Å². The van der Waals surface area contributed by atoms with Crippen molar-refractivity contribution in [3.63, 3.8) is 0 Å². The van der Waals surface area contributed by atoms with Crippen LogP contribution in [0.15, 0.2) is 66.9 Å². The summed E-state index contributed by atoms with van der Waals surface area (Å²) in [6.07, 6.45) is 1.75. The highest BCUT2D eigenvalue weighted by molar-refractivity contribution is 5.84. The highest BCUT2D eigenvalue weighted by Gasteiger charge is 2.10. The summed E-state index contributed by atoms with van der Waals surface area (Å²) in [5.41, 5.74) is 1.72. The van der Waals surface area contributed by atoms with Crippen LogP contribution in [0.25, 0.3) is 16.6 Å². The van der Waals surface area contributed by atoms with E-state index in [2.05, 4.69) is 20.5 Å². The van der Waals surface area contributed by atoms with Gasteiger partial charge in [0.2, 0.25) is 0 Å². The van der Waals surface area contributed by atoms with Crippen LogP contribution in [0.5, 0.6) is 5.75 Å². The predicted molar refractivity (Wildman–Crippen MR) is 85.2 cm³/mol. The number of aromatic nitrogens is 5. The molecule has 6 heteroatoms. The van der Waals surface area contributed by atoms with Gasteiger partial charge < -0.3 is 4.74 Å². The van der Waals surface area contributed by atoms with Crippen LogP contribution in [-0.2, 0) is 6.61 Å². The zero-order valence-corrected chi connectivity index (χ0v) is 12.2. The number of hydrogen-bond acceptors (Lipinski definition) is 5. The Hall–Kier alpha value is -3.28. The number of rotatable bonds is 4. The van der Waals surface area contributed by atoms with Crippen LogP contribution in [0.2, 0.25) is 0 Å². The molecule has 0 saturated carbocycles. The quantitative estimate of drug-likeness (QED) is 0.580. The van der Waals surface area contributed by atoms with Gasteiger partial charge in [-0.3, -0.25) is 4.98 Å². The summed E-state index contributed by atoms with van der Waals surface area (Å²) in [4.78, 5) is 4.38. The van der Waals surface area contributed by atoms with Crippen molar-refractivity contribution < 1.29 is 4.74 Å². The highest BCUT2D eigenvalue weighted by Crippen LogP contribution is 2.23. The smallest absolute Gasteiger partial charge is 0.194 e. The Morgan fingerprint density at radius 2 is 1.78 bits per heavy atom. The number of tetrazole rings is 1. The normalized spacial score (nSPS) is 10.8. The van der Waals surface area contributed by atoms with E-state index in [0.717, 1.165) is 16.6 Å². The van der Waals surface area contributed by atoms with E-state index in [4.69, 9.17) is 4.74 Å². The molecule has 0 fully saturated rings. The molecule has 23 heavy (non-hydrogen) atoms. The van der Waals surface area contributed by atoms with Crippen molar-refractivity contribution in [2.75, 3.05) is 0 Å². The maximum absolute atomic E-state index is 5.90. The lowest BCUT2D eigenvalue weighted by Gasteiger charge is -2.08. The summed E-state index contributed by atoms with van der Waals surface area (Å²) in [6, 6.07) is 19.5. The Balaban J connectivity index is 1.62. The Morgan fingerprint density at radius 3 is 2.70 bits per heavy atom. The van der Waals surface area contributed by atoms with Gasteiger partial charge in [-0.05, 0) is 34.7 Å². The summed E-state index contributed by atoms with van der Waals surface area (Å²) < 4.78 is 7.57. The number of para-hydroxylation sites is 2. The highest BCUT2D eigenvalue weighted by atomic mass is 16.5. The van der Waals surface area contributed by atoms with Crippen LogP contribution in [0.4, 0.5) is 0 Å². The molecule has 0 bridgehead atoms. The molecule has 0 aliphatic heterocycles. The summed E-state index contributed by atoms with van der Waals surface area (Å²) >= 11 is 0. The predicted octanol–water partition coefficient (Wildman–Crippen LogP) is 2.79. The van der Waals surface area contributed by atoms with Gasteiger partial charge in [0.1, 0.15) is 17.9 Å². The molecule has 0 spiro atoms. The average Bonchev–Trinajstić information content (AvgIpc) is 3.09. The topological polar surface area (TPSA) is 65.7 Å². The van der Waals surface area contributed by atoms with E-state index in [0.29, 0.717) is 11.6 Å². The number of nitrogens with zero attached hydrogens (tertiary/aromatic N) is 5. The first-order valence-electron chi connectivity index (χ1n) is 7.21. The second kappa shape index (κ2) is 5.84. The maximum Gasteiger partial charge on any atom is 0.194 e. The van der Waals surface area contributed by atoms with Crippen molar-refractivity contribution in [3.8, 4) is 11.4 Å². The Kier molecular flexibility index (Phi) is 3.40. The van der Waals surface area contributed by atoms with Crippen LogP contribution in [0, 0.1) is 0 Å². The standard InChI is InChI=1S/C17H13N5O/c1-2-8-14(9-3-1)22-16(19-20-21-22)12-23-15-10-4-6-13-7-5-11-18-17(13)15/h1-11H,12H2. The second-order valence-electron chi connectivity index (χ2n) is 4.96. The largest absolute Gasteiger partial charge is 0.483 e. The zero-order valence-electron chi connectivity index (χ0n) is 12.2. The van der Waals surface area contributed by atoms with Gasteiger partial charge in [-0.1, -0.05) is 36.4 Å². The van der Waals surface area contributed by atoms with Gasteiger partial charge in [-0.2, -0.15) is 4.68 Å². The fourth-order valence-electron chi connectivity index (χ4n) is 2.40. The van der Waals surface area contributed by atoms with Gasteiger partial charge in [0, 0.05) is 11.6 Å². The number of hydrogen-bond donors (Lipinski definition) is 0. The molecule has 0 unspecified atom stereocenters. The molecular weight excluding hydrogens is 290 g/mol. The molecule has 2 heterocycles. The molecule has 4 aromatic rings. The summed E-state index contributed by atoms with van der Waals surface area (Å²) in [7, 11) is 0. The first-order valence-corrected chi connectivity index (χ1v) is 7.21.